The summed E-state index contributed by atoms with van der Waals surface area (Å²) in [7, 11) is 0. The molecule has 1 aromatic rings. The maximum absolute atomic E-state index is 5.63. The van der Waals surface area contributed by atoms with E-state index in [4.69, 9.17) is 5.73 Å². The highest BCUT2D eigenvalue weighted by Gasteiger charge is 2.01. The molecule has 0 aliphatic heterocycles. The maximum atomic E-state index is 5.63. The lowest BCUT2D eigenvalue weighted by Crippen LogP contribution is -2.16. The summed E-state index contributed by atoms with van der Waals surface area (Å²) >= 11 is 1.86. The van der Waals surface area contributed by atoms with Gasteiger partial charge >= 0.3 is 0 Å². The lowest BCUT2D eigenvalue weighted by Gasteiger charge is -2.14. The standard InChI is InChI=1S/C10H17N3S/c1-8(3-4-14-2)13-10-5-9(11)6-12-7-10/h5-8,13H,3-4,11H2,1-2H3. The molecule has 3 nitrogen and oxygen atoms in total. The van der Waals surface area contributed by atoms with Gasteiger partial charge in [-0.1, -0.05) is 0 Å². The molecule has 0 aromatic carbocycles. The summed E-state index contributed by atoms with van der Waals surface area (Å²) in [5.74, 6) is 1.17. The molecule has 0 aliphatic carbocycles. The molecular formula is C10H17N3S. The van der Waals surface area contributed by atoms with E-state index in [1.165, 1.54) is 5.75 Å². The summed E-state index contributed by atoms with van der Waals surface area (Å²) in [6.07, 6.45) is 6.72. The first kappa shape index (κ1) is 11.2. The van der Waals surface area contributed by atoms with Crippen LogP contribution < -0.4 is 11.1 Å². The third-order valence-corrected chi connectivity index (χ3v) is 2.57. The van der Waals surface area contributed by atoms with E-state index in [1.54, 1.807) is 12.4 Å². The van der Waals surface area contributed by atoms with Gasteiger partial charge in [-0.15, -0.1) is 0 Å². The van der Waals surface area contributed by atoms with E-state index in [0.717, 1.165) is 12.1 Å². The second kappa shape index (κ2) is 5.75. The molecule has 0 radical (unpaired) electrons. The number of hydrogen-bond donors (Lipinski definition) is 2. The predicted molar refractivity (Wildman–Crippen MR) is 64.7 cm³/mol. The molecule has 1 aromatic heterocycles. The first-order chi connectivity index (χ1) is 6.72. The van der Waals surface area contributed by atoms with Gasteiger partial charge in [0.1, 0.15) is 0 Å². The number of rotatable bonds is 5. The maximum Gasteiger partial charge on any atom is 0.0549 e. The van der Waals surface area contributed by atoms with Crippen LogP contribution in [0.15, 0.2) is 18.5 Å². The van der Waals surface area contributed by atoms with E-state index in [0.29, 0.717) is 11.7 Å². The Morgan fingerprint density at radius 1 is 1.57 bits per heavy atom. The summed E-state index contributed by atoms with van der Waals surface area (Å²) < 4.78 is 0. The van der Waals surface area contributed by atoms with E-state index in [9.17, 15) is 0 Å². The zero-order chi connectivity index (χ0) is 10.4. The van der Waals surface area contributed by atoms with Gasteiger partial charge in [-0.05, 0) is 31.4 Å². The molecule has 14 heavy (non-hydrogen) atoms. The highest BCUT2D eigenvalue weighted by Crippen LogP contribution is 2.12. The smallest absolute Gasteiger partial charge is 0.0549 e. The Morgan fingerprint density at radius 3 is 3.00 bits per heavy atom. The van der Waals surface area contributed by atoms with E-state index < -0.39 is 0 Å². The Labute approximate surface area is 89.5 Å². The normalized spacial score (nSPS) is 12.4. The fourth-order valence-electron chi connectivity index (χ4n) is 1.19. The van der Waals surface area contributed by atoms with Crippen molar-refractivity contribution in [1.82, 2.24) is 4.98 Å². The average molecular weight is 211 g/mol. The molecule has 0 amide bonds. The molecule has 78 valence electrons. The van der Waals surface area contributed by atoms with E-state index in [-0.39, 0.29) is 0 Å². The van der Waals surface area contributed by atoms with Crippen LogP contribution in [0.4, 0.5) is 11.4 Å². The van der Waals surface area contributed by atoms with Gasteiger partial charge in [0, 0.05) is 12.2 Å². The summed E-state index contributed by atoms with van der Waals surface area (Å²) in [6.45, 7) is 2.17. The first-order valence-corrected chi connectivity index (χ1v) is 6.07. The number of pyridine rings is 1. The predicted octanol–water partition coefficient (Wildman–Crippen LogP) is 2.22. The summed E-state index contributed by atoms with van der Waals surface area (Å²) in [5.41, 5.74) is 7.33. The van der Waals surface area contributed by atoms with Crippen molar-refractivity contribution in [2.24, 2.45) is 0 Å². The first-order valence-electron chi connectivity index (χ1n) is 4.68. The molecule has 0 bridgehead atoms. The fourth-order valence-corrected chi connectivity index (χ4v) is 1.78. The van der Waals surface area contributed by atoms with E-state index in [1.807, 2.05) is 17.8 Å². The van der Waals surface area contributed by atoms with Crippen molar-refractivity contribution < 1.29 is 0 Å². The number of aromatic nitrogens is 1. The van der Waals surface area contributed by atoms with Crippen molar-refractivity contribution in [2.45, 2.75) is 19.4 Å². The second-order valence-corrected chi connectivity index (χ2v) is 4.32. The molecule has 0 saturated carbocycles. The third kappa shape index (κ3) is 3.87. The van der Waals surface area contributed by atoms with Crippen LogP contribution in [0.3, 0.4) is 0 Å². The molecular weight excluding hydrogens is 194 g/mol. The van der Waals surface area contributed by atoms with Crippen LogP contribution in [0.2, 0.25) is 0 Å². The quantitative estimate of drug-likeness (QED) is 0.784. The van der Waals surface area contributed by atoms with Crippen molar-refractivity contribution in [2.75, 3.05) is 23.1 Å². The lowest BCUT2D eigenvalue weighted by molar-refractivity contribution is 0.771. The van der Waals surface area contributed by atoms with Gasteiger partial charge in [-0.3, -0.25) is 4.98 Å². The minimum absolute atomic E-state index is 0.464. The Hall–Kier alpha value is -0.900. The van der Waals surface area contributed by atoms with Gasteiger partial charge in [0.05, 0.1) is 17.6 Å². The Bertz CT molecular complexity index is 278. The molecule has 3 N–H and O–H groups in total. The highest BCUT2D eigenvalue weighted by atomic mass is 32.2. The monoisotopic (exact) mass is 211 g/mol. The molecule has 1 atom stereocenters. The van der Waals surface area contributed by atoms with Gasteiger partial charge in [-0.2, -0.15) is 11.8 Å². The summed E-state index contributed by atoms with van der Waals surface area (Å²) in [6, 6.07) is 2.37. The zero-order valence-corrected chi connectivity index (χ0v) is 9.47. The van der Waals surface area contributed by atoms with Crippen LogP contribution >= 0.6 is 11.8 Å². The average Bonchev–Trinajstić information content (AvgIpc) is 2.15. The highest BCUT2D eigenvalue weighted by molar-refractivity contribution is 7.98. The van der Waals surface area contributed by atoms with E-state index >= 15 is 0 Å². The van der Waals surface area contributed by atoms with Crippen molar-refractivity contribution in [1.29, 1.82) is 0 Å². The molecule has 0 aliphatic rings. The summed E-state index contributed by atoms with van der Waals surface area (Å²) in [5, 5.41) is 3.36. The van der Waals surface area contributed by atoms with E-state index in [2.05, 4.69) is 23.5 Å². The summed E-state index contributed by atoms with van der Waals surface area (Å²) in [4.78, 5) is 4.02. The van der Waals surface area contributed by atoms with Crippen molar-refractivity contribution in [3.63, 3.8) is 0 Å². The van der Waals surface area contributed by atoms with Gasteiger partial charge < -0.3 is 11.1 Å². The molecule has 1 heterocycles. The van der Waals surface area contributed by atoms with Gasteiger partial charge in [0.2, 0.25) is 0 Å². The number of nitrogens with zero attached hydrogens (tertiary/aromatic N) is 1. The number of anilines is 2. The fraction of sp³-hybridized carbons (Fsp3) is 0.500. The van der Waals surface area contributed by atoms with Crippen LogP contribution in [0.5, 0.6) is 0 Å². The Morgan fingerprint density at radius 2 is 2.36 bits per heavy atom. The van der Waals surface area contributed by atoms with Crippen LogP contribution in [0, 0.1) is 0 Å². The van der Waals surface area contributed by atoms with Crippen LogP contribution in [-0.2, 0) is 0 Å². The zero-order valence-electron chi connectivity index (χ0n) is 8.66. The molecule has 4 heteroatoms. The number of nitrogens with one attached hydrogen (secondary N) is 1. The van der Waals surface area contributed by atoms with Crippen LogP contribution in [-0.4, -0.2) is 23.0 Å². The number of nitrogens with two attached hydrogens (primary N) is 1. The topological polar surface area (TPSA) is 50.9 Å². The lowest BCUT2D eigenvalue weighted by atomic mass is 10.2. The van der Waals surface area contributed by atoms with Crippen molar-refractivity contribution in [3.8, 4) is 0 Å². The van der Waals surface area contributed by atoms with Gasteiger partial charge in [0.25, 0.3) is 0 Å². The molecule has 1 unspecified atom stereocenters. The Balaban J connectivity index is 2.43. The van der Waals surface area contributed by atoms with Crippen LogP contribution in [0.25, 0.3) is 0 Å². The van der Waals surface area contributed by atoms with Crippen molar-refractivity contribution >= 4 is 23.1 Å². The molecule has 0 fully saturated rings. The number of thioether (sulfide) groups is 1. The SMILES string of the molecule is CSCCC(C)Nc1cncc(N)c1. The second-order valence-electron chi connectivity index (χ2n) is 3.33. The van der Waals surface area contributed by atoms with Crippen LogP contribution in [0.1, 0.15) is 13.3 Å². The van der Waals surface area contributed by atoms with Gasteiger partial charge in [-0.25, -0.2) is 0 Å². The minimum Gasteiger partial charge on any atom is -0.397 e. The Kier molecular flexibility index (Phi) is 4.59. The number of hydrogen-bond acceptors (Lipinski definition) is 4. The minimum atomic E-state index is 0.464. The number of nitrogen functional groups attached to an aromatic ring is 1. The third-order valence-electron chi connectivity index (χ3n) is 1.93. The largest absolute Gasteiger partial charge is 0.397 e. The molecule has 0 saturated heterocycles. The van der Waals surface area contributed by atoms with Gasteiger partial charge in [0.15, 0.2) is 0 Å². The molecule has 1 rings (SSSR count). The van der Waals surface area contributed by atoms with Crippen molar-refractivity contribution in [3.05, 3.63) is 18.5 Å². The molecule has 0 spiro atoms.